The topological polar surface area (TPSA) is 65.4 Å². The Bertz CT molecular complexity index is 154. The third kappa shape index (κ3) is 5.06. The molecule has 0 saturated carbocycles. The molecule has 56 valence electrons. The molecule has 4 nitrogen and oxygen atoms in total. The van der Waals surface area contributed by atoms with Crippen LogP contribution in [0.4, 0.5) is 0 Å². The number of amidine groups is 1. The van der Waals surface area contributed by atoms with Crippen molar-refractivity contribution >= 4 is 5.84 Å². The molecule has 0 rings (SSSR count). The molecule has 0 aliphatic heterocycles. The lowest BCUT2D eigenvalue weighted by Crippen LogP contribution is -2.17. The number of hydrogen-bond acceptors (Lipinski definition) is 3. The molecular formula is C6H12N4. The molecule has 0 fully saturated rings. The molecule has 0 unspecified atom stereocenters. The zero-order chi connectivity index (χ0) is 7.98. The normalized spacial score (nSPS) is 11.6. The molecule has 0 radical (unpaired) electrons. The van der Waals surface area contributed by atoms with E-state index in [9.17, 15) is 0 Å². The maximum Gasteiger partial charge on any atom is 0.198 e. The van der Waals surface area contributed by atoms with Gasteiger partial charge in [0.25, 0.3) is 0 Å². The Labute approximate surface area is 61.0 Å². The summed E-state index contributed by atoms with van der Waals surface area (Å²) in [5.74, 6) is 0.0573. The molecule has 0 spiro atoms. The molecule has 4 heteroatoms. The zero-order valence-corrected chi connectivity index (χ0v) is 6.33. The van der Waals surface area contributed by atoms with E-state index in [1.165, 1.54) is 0 Å². The molecule has 0 bridgehead atoms. The number of rotatable bonds is 3. The minimum absolute atomic E-state index is 0.0573. The second-order valence-corrected chi connectivity index (χ2v) is 2.18. The SMILES string of the molecule is CN(C)CCN=C(N)C#N. The highest BCUT2D eigenvalue weighted by atomic mass is 15.1. The third-order valence-corrected chi connectivity index (χ3v) is 0.944. The van der Waals surface area contributed by atoms with Gasteiger partial charge in [0.05, 0.1) is 6.54 Å². The number of aliphatic imine (C=N–C) groups is 1. The summed E-state index contributed by atoms with van der Waals surface area (Å²) in [4.78, 5) is 5.75. The molecule has 0 aromatic heterocycles. The summed E-state index contributed by atoms with van der Waals surface area (Å²) in [6.45, 7) is 1.41. The predicted molar refractivity (Wildman–Crippen MR) is 40.7 cm³/mol. The predicted octanol–water partition coefficient (Wildman–Crippen LogP) is -0.571. The summed E-state index contributed by atoms with van der Waals surface area (Å²) in [5.41, 5.74) is 5.13. The quantitative estimate of drug-likeness (QED) is 0.421. The van der Waals surface area contributed by atoms with E-state index in [-0.39, 0.29) is 5.84 Å². The van der Waals surface area contributed by atoms with Gasteiger partial charge in [0.1, 0.15) is 6.07 Å². The highest BCUT2D eigenvalue weighted by Crippen LogP contribution is 1.75. The van der Waals surface area contributed by atoms with Crippen LogP contribution >= 0.6 is 0 Å². The van der Waals surface area contributed by atoms with Crippen LogP contribution in [0.2, 0.25) is 0 Å². The molecule has 0 aromatic carbocycles. The summed E-state index contributed by atoms with van der Waals surface area (Å²) in [7, 11) is 3.89. The summed E-state index contributed by atoms with van der Waals surface area (Å²) >= 11 is 0. The van der Waals surface area contributed by atoms with Crippen molar-refractivity contribution < 1.29 is 0 Å². The Balaban J connectivity index is 3.46. The van der Waals surface area contributed by atoms with Crippen molar-refractivity contribution in [3.8, 4) is 6.07 Å². The van der Waals surface area contributed by atoms with Gasteiger partial charge in [-0.15, -0.1) is 0 Å². The lowest BCUT2D eigenvalue weighted by molar-refractivity contribution is 0.420. The van der Waals surface area contributed by atoms with E-state index in [0.29, 0.717) is 6.54 Å². The van der Waals surface area contributed by atoms with Gasteiger partial charge in [-0.25, -0.2) is 0 Å². The van der Waals surface area contributed by atoms with Gasteiger partial charge in [0.15, 0.2) is 5.84 Å². The number of likely N-dealkylation sites (N-methyl/N-ethyl adjacent to an activating group) is 1. The van der Waals surface area contributed by atoms with Gasteiger partial charge in [-0.3, -0.25) is 4.99 Å². The molecule has 0 heterocycles. The molecule has 0 aliphatic rings. The van der Waals surface area contributed by atoms with Crippen molar-refractivity contribution in [3.63, 3.8) is 0 Å². The highest BCUT2D eigenvalue weighted by Gasteiger charge is 1.88. The van der Waals surface area contributed by atoms with Crippen LogP contribution in [-0.2, 0) is 0 Å². The monoisotopic (exact) mass is 140 g/mol. The van der Waals surface area contributed by atoms with E-state index in [1.807, 2.05) is 19.0 Å². The molecule has 10 heavy (non-hydrogen) atoms. The summed E-state index contributed by atoms with van der Waals surface area (Å²) in [6, 6.07) is 1.75. The molecular weight excluding hydrogens is 128 g/mol. The van der Waals surface area contributed by atoms with Crippen molar-refractivity contribution in [1.29, 1.82) is 5.26 Å². The van der Waals surface area contributed by atoms with Crippen LogP contribution in [0.25, 0.3) is 0 Å². The number of nitriles is 1. The fourth-order valence-corrected chi connectivity index (χ4v) is 0.406. The second-order valence-electron chi connectivity index (χ2n) is 2.18. The van der Waals surface area contributed by atoms with Crippen molar-refractivity contribution in [2.75, 3.05) is 27.2 Å². The van der Waals surface area contributed by atoms with Crippen LogP contribution in [0.1, 0.15) is 0 Å². The first-order valence-electron chi connectivity index (χ1n) is 3.01. The van der Waals surface area contributed by atoms with Gasteiger partial charge in [0.2, 0.25) is 0 Å². The van der Waals surface area contributed by atoms with Gasteiger partial charge >= 0.3 is 0 Å². The van der Waals surface area contributed by atoms with Crippen LogP contribution in [0.5, 0.6) is 0 Å². The summed E-state index contributed by atoms with van der Waals surface area (Å²) < 4.78 is 0. The minimum atomic E-state index is 0.0573. The first-order valence-corrected chi connectivity index (χ1v) is 3.01. The van der Waals surface area contributed by atoms with Gasteiger partial charge < -0.3 is 10.6 Å². The maximum atomic E-state index is 8.18. The van der Waals surface area contributed by atoms with E-state index in [2.05, 4.69) is 4.99 Å². The smallest absolute Gasteiger partial charge is 0.198 e. The van der Waals surface area contributed by atoms with E-state index in [4.69, 9.17) is 11.0 Å². The van der Waals surface area contributed by atoms with E-state index < -0.39 is 0 Å². The fourth-order valence-electron chi connectivity index (χ4n) is 0.406. The Morgan fingerprint density at radius 1 is 1.70 bits per heavy atom. The maximum absolute atomic E-state index is 8.18. The van der Waals surface area contributed by atoms with E-state index >= 15 is 0 Å². The van der Waals surface area contributed by atoms with Gasteiger partial charge in [-0.05, 0) is 14.1 Å². The largest absolute Gasteiger partial charge is 0.375 e. The highest BCUT2D eigenvalue weighted by molar-refractivity contribution is 5.94. The van der Waals surface area contributed by atoms with Crippen LogP contribution in [0, 0.1) is 11.3 Å². The van der Waals surface area contributed by atoms with Crippen molar-refractivity contribution in [3.05, 3.63) is 0 Å². The Morgan fingerprint density at radius 3 is 2.70 bits per heavy atom. The first kappa shape index (κ1) is 8.92. The summed E-state index contributed by atoms with van der Waals surface area (Å²) in [5, 5.41) is 8.18. The van der Waals surface area contributed by atoms with Gasteiger partial charge in [-0.2, -0.15) is 5.26 Å². The standard InChI is InChI=1S/C6H12N4/c1-10(2)4-3-9-6(8)5-7/h3-4H2,1-2H3,(H2,8,9). The second kappa shape index (κ2) is 4.77. The lowest BCUT2D eigenvalue weighted by atomic mass is 10.6. The average Bonchev–Trinajstić information content (AvgIpc) is 1.87. The van der Waals surface area contributed by atoms with Crippen molar-refractivity contribution in [1.82, 2.24) is 4.90 Å². The molecule has 0 amide bonds. The van der Waals surface area contributed by atoms with Crippen molar-refractivity contribution in [2.24, 2.45) is 10.7 Å². The summed E-state index contributed by atoms with van der Waals surface area (Å²) in [6.07, 6.45) is 0. The van der Waals surface area contributed by atoms with Crippen LogP contribution in [0.15, 0.2) is 4.99 Å². The van der Waals surface area contributed by atoms with Crippen LogP contribution < -0.4 is 5.73 Å². The number of nitrogens with zero attached hydrogens (tertiary/aromatic N) is 3. The van der Waals surface area contributed by atoms with E-state index in [0.717, 1.165) is 6.54 Å². The molecule has 2 N–H and O–H groups in total. The third-order valence-electron chi connectivity index (χ3n) is 0.944. The van der Waals surface area contributed by atoms with E-state index in [1.54, 1.807) is 6.07 Å². The first-order chi connectivity index (χ1) is 4.66. The average molecular weight is 140 g/mol. The number of nitrogens with two attached hydrogens (primary N) is 1. The fraction of sp³-hybridized carbons (Fsp3) is 0.667. The molecule has 0 atom stereocenters. The minimum Gasteiger partial charge on any atom is -0.375 e. The molecule has 0 aromatic rings. The van der Waals surface area contributed by atoms with Crippen LogP contribution in [0.3, 0.4) is 0 Å². The van der Waals surface area contributed by atoms with Crippen LogP contribution in [-0.4, -0.2) is 37.9 Å². The number of hydrogen-bond donors (Lipinski definition) is 1. The Kier molecular flexibility index (Phi) is 4.25. The molecule has 0 aliphatic carbocycles. The van der Waals surface area contributed by atoms with Crippen molar-refractivity contribution in [2.45, 2.75) is 0 Å². The van der Waals surface area contributed by atoms with Gasteiger partial charge in [0, 0.05) is 6.54 Å². The zero-order valence-electron chi connectivity index (χ0n) is 6.33. The Morgan fingerprint density at radius 2 is 2.30 bits per heavy atom. The van der Waals surface area contributed by atoms with Gasteiger partial charge in [-0.1, -0.05) is 0 Å². The lowest BCUT2D eigenvalue weighted by Gasteiger charge is -2.04. The Hall–Kier alpha value is -1.08. The molecule has 0 saturated heterocycles.